The van der Waals surface area contributed by atoms with Crippen LogP contribution in [-0.4, -0.2) is 122 Å². The van der Waals surface area contributed by atoms with Crippen molar-refractivity contribution in [1.82, 2.24) is 20.9 Å². The molecule has 17 nitrogen and oxygen atoms in total. The summed E-state index contributed by atoms with van der Waals surface area (Å²) in [5, 5.41) is 15.0. The molecule has 21 heteroatoms. The Balaban J connectivity index is 1.36. The van der Waals surface area contributed by atoms with E-state index in [1.54, 1.807) is 4.14 Å². The standard InChI is InChI=1S/C28H40BIN6O11P2/c1-19(2)21-15-27(21,34-26(39)22(14-20-6-4-3-5-7-20)33-25(38)23-17-31-18-30-35-23)29-46-12-10-36(11-13-47-29)9-8-32-24(37)16-28(40,48(41)42)49(43,44)45/h3-7,17-19,21-22,40H,8-16H2,1-2H3,(H5-,32,33,34,37,38,39,41,42,43,44,45)/p+1. The number of rotatable bonds is 15. The van der Waals surface area contributed by atoms with Crippen molar-refractivity contribution in [3.05, 3.63) is 35.9 Å². The van der Waals surface area contributed by atoms with Crippen LogP contribution in [0.4, 0.5) is 0 Å². The first-order valence-corrected chi connectivity index (χ1v) is 20.6. The lowest BCUT2D eigenvalue weighted by Crippen LogP contribution is -2.60. The van der Waals surface area contributed by atoms with Gasteiger partial charge < -0.3 is 40.2 Å². The lowest BCUT2D eigenvalue weighted by atomic mass is 9.71. The Kier molecular flexibility index (Phi) is 13.9. The van der Waals surface area contributed by atoms with Crippen LogP contribution in [0.25, 0.3) is 0 Å². The zero-order chi connectivity index (χ0) is 35.8. The summed E-state index contributed by atoms with van der Waals surface area (Å²) in [5.74, 6) is -1.61. The van der Waals surface area contributed by atoms with E-state index in [9.17, 15) is 43.3 Å². The highest BCUT2D eigenvalue weighted by Crippen LogP contribution is 2.61. The Bertz CT molecular complexity index is 1520. The second kappa shape index (κ2) is 17.3. The fourth-order valence-corrected chi connectivity index (χ4v) is 8.30. The molecule has 1 saturated heterocycles. The van der Waals surface area contributed by atoms with Crippen molar-refractivity contribution in [2.45, 2.75) is 49.7 Å². The average Bonchev–Trinajstić information content (AvgIpc) is 3.77. The van der Waals surface area contributed by atoms with Gasteiger partial charge in [0, 0.05) is 66.8 Å². The summed E-state index contributed by atoms with van der Waals surface area (Å²) in [6.45, 7) is 5.71. The zero-order valence-electron chi connectivity index (χ0n) is 27.0. The number of carbonyl (C=O) groups excluding carboxylic acids is 3. The molecule has 1 aromatic rings. The lowest BCUT2D eigenvalue weighted by molar-refractivity contribution is -0.127. The SMILES string of the molecule is CC(C)C1CC1(NC(=O)C(Cc1ccccc1)NC(=O)C1=NI=CN=C1)B1OCCN(CCNC(=O)CC(O)([P+](=O)O)P(=O)(O)O)CCO1. The molecule has 4 rings (SSSR count). The number of hydrogen-bond acceptors (Lipinski definition) is 11. The third-order valence-electron chi connectivity index (χ3n) is 8.49. The molecule has 3 aliphatic rings. The van der Waals surface area contributed by atoms with Crippen LogP contribution < -0.4 is 16.0 Å². The van der Waals surface area contributed by atoms with Crippen molar-refractivity contribution in [1.29, 1.82) is 0 Å². The maximum atomic E-state index is 13.9. The molecule has 5 atom stereocenters. The highest BCUT2D eigenvalue weighted by Gasteiger charge is 2.66. The third-order valence-corrected chi connectivity index (χ3v) is 13.0. The molecular weight excluding hydrogens is 796 g/mol. The molecule has 49 heavy (non-hydrogen) atoms. The van der Waals surface area contributed by atoms with Crippen LogP contribution in [0.15, 0.2) is 38.5 Å². The van der Waals surface area contributed by atoms with Crippen molar-refractivity contribution in [2.75, 3.05) is 39.4 Å². The molecule has 1 saturated carbocycles. The number of nitrogens with one attached hydrogen (secondary N) is 3. The number of aliphatic hydroxyl groups is 1. The Morgan fingerprint density at radius 3 is 2.43 bits per heavy atom. The van der Waals surface area contributed by atoms with E-state index in [0.29, 0.717) is 19.5 Å². The van der Waals surface area contributed by atoms with E-state index in [2.05, 4.69) is 38.0 Å². The molecule has 1 aromatic carbocycles. The lowest BCUT2D eigenvalue weighted by Gasteiger charge is -2.32. The van der Waals surface area contributed by atoms with Gasteiger partial charge in [0.15, 0.2) is 5.71 Å². The number of aliphatic imine (C=N–C) groups is 1. The van der Waals surface area contributed by atoms with Crippen LogP contribution in [0, 0.1) is 11.8 Å². The summed E-state index contributed by atoms with van der Waals surface area (Å²) in [4.78, 5) is 72.9. The molecule has 0 spiro atoms. The molecule has 7 N–H and O–H groups in total. The predicted octanol–water partition coefficient (Wildman–Crippen LogP) is -0.143. The van der Waals surface area contributed by atoms with Gasteiger partial charge in [-0.2, -0.15) is 4.89 Å². The molecule has 0 aromatic heterocycles. The van der Waals surface area contributed by atoms with Crippen LogP contribution in [0.1, 0.15) is 32.3 Å². The number of amides is 3. The van der Waals surface area contributed by atoms with Gasteiger partial charge >= 0.3 is 27.8 Å². The Hall–Kier alpha value is -2.32. The number of carbonyl (C=O) groups is 3. The van der Waals surface area contributed by atoms with Gasteiger partial charge in [-0.1, -0.05) is 44.2 Å². The second-order valence-electron chi connectivity index (χ2n) is 12.3. The topological polar surface area (TPSA) is 249 Å². The van der Waals surface area contributed by atoms with Gasteiger partial charge in [-0.3, -0.25) is 28.8 Å². The summed E-state index contributed by atoms with van der Waals surface area (Å²) < 4.78 is 41.2. The first-order valence-electron chi connectivity index (χ1n) is 15.5. The van der Waals surface area contributed by atoms with E-state index in [1.165, 1.54) is 6.21 Å². The summed E-state index contributed by atoms with van der Waals surface area (Å²) in [6, 6.07) is 8.46. The highest BCUT2D eigenvalue weighted by atomic mass is 127. The highest BCUT2D eigenvalue weighted by molar-refractivity contribution is 14.2. The summed E-state index contributed by atoms with van der Waals surface area (Å²) in [5.41, 5.74) is 0.223. The van der Waals surface area contributed by atoms with E-state index in [1.807, 2.05) is 35.2 Å². The molecule has 0 radical (unpaired) electrons. The van der Waals surface area contributed by atoms with Crippen LogP contribution in [0.2, 0.25) is 0 Å². The van der Waals surface area contributed by atoms with Crippen LogP contribution in [0.3, 0.4) is 0 Å². The van der Waals surface area contributed by atoms with Gasteiger partial charge in [0.25, 0.3) is 5.91 Å². The molecule has 0 bridgehead atoms. The molecule has 1 aliphatic carbocycles. The predicted molar refractivity (Wildman–Crippen MR) is 190 cm³/mol. The first-order chi connectivity index (χ1) is 23.2. The molecule has 5 unspecified atom stereocenters. The Morgan fingerprint density at radius 1 is 1.20 bits per heavy atom. The second-order valence-corrected chi connectivity index (χ2v) is 17.3. The van der Waals surface area contributed by atoms with Crippen molar-refractivity contribution >= 4 is 77.5 Å². The van der Waals surface area contributed by atoms with E-state index in [-0.39, 0.29) is 56.2 Å². The monoisotopic (exact) mass is 837 g/mol. The largest absolute Gasteiger partial charge is 0.555 e. The van der Waals surface area contributed by atoms with Gasteiger partial charge in [0.2, 0.25) is 11.8 Å². The average molecular weight is 837 g/mol. The first kappa shape index (κ1) is 39.5. The van der Waals surface area contributed by atoms with Crippen molar-refractivity contribution in [3.63, 3.8) is 0 Å². The fourth-order valence-electron chi connectivity index (χ4n) is 5.71. The van der Waals surface area contributed by atoms with E-state index < -0.39 is 78.5 Å². The number of nitrogens with zero attached hydrogens (tertiary/aromatic N) is 3. The van der Waals surface area contributed by atoms with Crippen molar-refractivity contribution in [3.8, 4) is 0 Å². The molecule has 2 fully saturated rings. The normalized spacial score (nSPS) is 23.6. The van der Waals surface area contributed by atoms with Crippen molar-refractivity contribution in [2.24, 2.45) is 20.0 Å². The molecule has 3 amide bonds. The molecule has 2 aliphatic heterocycles. The molecular formula is C28H41BIN6O11P2+. The summed E-state index contributed by atoms with van der Waals surface area (Å²) >= 11 is -0.717. The van der Waals surface area contributed by atoms with Gasteiger partial charge in [0.05, 0.1) is 15.8 Å². The third kappa shape index (κ3) is 10.4. The minimum absolute atomic E-state index is 0.0178. The Labute approximate surface area is 295 Å². The van der Waals surface area contributed by atoms with Crippen molar-refractivity contribution < 1.29 is 52.6 Å². The Morgan fingerprint density at radius 2 is 1.88 bits per heavy atom. The molecule has 2 heterocycles. The fraction of sp³-hybridized carbons (Fsp3) is 0.571. The quantitative estimate of drug-likeness (QED) is 0.0693. The maximum Gasteiger partial charge on any atom is 0.555 e. The smallest absolute Gasteiger partial charge is 0.408 e. The van der Waals surface area contributed by atoms with Crippen LogP contribution in [0.5, 0.6) is 0 Å². The van der Waals surface area contributed by atoms with Gasteiger partial charge in [0.1, 0.15) is 12.5 Å². The van der Waals surface area contributed by atoms with Gasteiger partial charge in [-0.25, -0.2) is 3.21 Å². The van der Waals surface area contributed by atoms with Gasteiger partial charge in [-0.05, 0) is 28.4 Å². The number of halogens is 1. The zero-order valence-corrected chi connectivity index (χ0v) is 30.9. The van der Waals surface area contributed by atoms with E-state index >= 15 is 0 Å². The molecule has 268 valence electrons. The number of hydrogen-bond donors (Lipinski definition) is 7. The van der Waals surface area contributed by atoms with Crippen LogP contribution in [-0.2, 0) is 39.2 Å². The van der Waals surface area contributed by atoms with E-state index in [0.717, 1.165) is 5.56 Å². The summed E-state index contributed by atoms with van der Waals surface area (Å²) in [6.07, 6.45) is 0.998. The van der Waals surface area contributed by atoms with Gasteiger partial charge in [-0.15, -0.1) is 0 Å². The summed E-state index contributed by atoms with van der Waals surface area (Å²) in [7, 11) is -10.00. The van der Waals surface area contributed by atoms with Crippen LogP contribution >= 0.6 is 36.6 Å². The minimum atomic E-state index is -5.47. The maximum absolute atomic E-state index is 13.9. The van der Waals surface area contributed by atoms with E-state index in [4.69, 9.17) is 9.31 Å². The minimum Gasteiger partial charge on any atom is -0.408 e. The number of benzene rings is 1.